The van der Waals surface area contributed by atoms with Gasteiger partial charge in [-0.25, -0.2) is 4.98 Å². The van der Waals surface area contributed by atoms with Crippen LogP contribution in [-0.2, 0) is 19.9 Å². The van der Waals surface area contributed by atoms with E-state index in [4.69, 9.17) is 0 Å². The largest absolute Gasteiger partial charge is 0.316 e. The topological polar surface area (TPSA) is 55.6 Å². The molecule has 1 atom stereocenters. The molecule has 0 bridgehead atoms. The first-order valence-corrected chi connectivity index (χ1v) is 5.68. The Kier molecular flexibility index (Phi) is 3.82. The molecule has 17 heavy (non-hydrogen) atoms. The highest BCUT2D eigenvalue weighted by molar-refractivity contribution is 5.12. The van der Waals surface area contributed by atoms with Crippen LogP contribution in [0.25, 0.3) is 0 Å². The van der Waals surface area contributed by atoms with E-state index in [2.05, 4.69) is 20.4 Å². The van der Waals surface area contributed by atoms with Crippen molar-refractivity contribution in [1.29, 1.82) is 0 Å². The highest BCUT2D eigenvalue weighted by Crippen LogP contribution is 2.06. The fourth-order valence-corrected chi connectivity index (χ4v) is 1.81. The van der Waals surface area contributed by atoms with Gasteiger partial charge in [-0.3, -0.25) is 9.67 Å². The summed E-state index contributed by atoms with van der Waals surface area (Å²) in [5, 5.41) is 7.39. The third-order valence-corrected chi connectivity index (χ3v) is 2.87. The molecule has 0 spiro atoms. The lowest BCUT2D eigenvalue weighted by molar-refractivity contribution is 0.526. The lowest BCUT2D eigenvalue weighted by Crippen LogP contribution is -2.31. The molecule has 0 aliphatic heterocycles. The van der Waals surface area contributed by atoms with E-state index in [1.54, 1.807) is 6.33 Å². The maximum atomic E-state index is 4.24. The summed E-state index contributed by atoms with van der Waals surface area (Å²) in [5.41, 5.74) is 1.28. The Labute approximate surface area is 101 Å². The summed E-state index contributed by atoms with van der Waals surface area (Å²) in [5.74, 6) is 0.999. The maximum absolute atomic E-state index is 4.24. The Morgan fingerprint density at radius 1 is 1.29 bits per heavy atom. The first kappa shape index (κ1) is 11.7. The molecular weight excluding hydrogens is 214 g/mol. The second-order valence-electron chi connectivity index (χ2n) is 4.05. The molecule has 2 aromatic rings. The molecule has 2 heterocycles. The van der Waals surface area contributed by atoms with E-state index in [1.165, 1.54) is 5.56 Å². The summed E-state index contributed by atoms with van der Waals surface area (Å²) in [7, 11) is 3.89. The van der Waals surface area contributed by atoms with E-state index in [9.17, 15) is 0 Å². The number of rotatable bonds is 5. The second kappa shape index (κ2) is 5.54. The Morgan fingerprint density at radius 3 is 2.65 bits per heavy atom. The third-order valence-electron chi connectivity index (χ3n) is 2.87. The van der Waals surface area contributed by atoms with E-state index in [0.717, 1.165) is 18.7 Å². The van der Waals surface area contributed by atoms with Crippen LogP contribution in [0.1, 0.15) is 11.4 Å². The number of hydrogen-bond acceptors (Lipinski definition) is 4. The van der Waals surface area contributed by atoms with Crippen molar-refractivity contribution < 1.29 is 0 Å². The van der Waals surface area contributed by atoms with Gasteiger partial charge in [-0.15, -0.1) is 0 Å². The molecule has 5 nitrogen and oxygen atoms in total. The van der Waals surface area contributed by atoms with Gasteiger partial charge in [0.2, 0.25) is 0 Å². The van der Waals surface area contributed by atoms with Crippen molar-refractivity contribution in [1.82, 2.24) is 25.1 Å². The van der Waals surface area contributed by atoms with E-state index in [-0.39, 0.29) is 0 Å². The number of nitrogens with zero attached hydrogens (tertiary/aromatic N) is 4. The van der Waals surface area contributed by atoms with Gasteiger partial charge in [-0.05, 0) is 31.2 Å². The minimum absolute atomic E-state index is 0.361. The van der Waals surface area contributed by atoms with Gasteiger partial charge in [0.15, 0.2) is 0 Å². The average Bonchev–Trinajstić information content (AvgIpc) is 2.75. The van der Waals surface area contributed by atoms with Gasteiger partial charge in [0, 0.05) is 31.9 Å². The van der Waals surface area contributed by atoms with E-state index in [1.807, 2.05) is 43.3 Å². The Balaban J connectivity index is 2.00. The SMILES string of the molecule is CNC(Cc1ccncc1)Cc1ncnn1C. The molecular formula is C12H17N5. The van der Waals surface area contributed by atoms with Crippen LogP contribution in [0, 0.1) is 0 Å². The number of aryl methyl sites for hydroxylation is 1. The summed E-state index contributed by atoms with van der Waals surface area (Å²) in [6.45, 7) is 0. The van der Waals surface area contributed by atoms with Crippen LogP contribution >= 0.6 is 0 Å². The van der Waals surface area contributed by atoms with Crippen molar-refractivity contribution in [2.45, 2.75) is 18.9 Å². The van der Waals surface area contributed by atoms with Gasteiger partial charge >= 0.3 is 0 Å². The summed E-state index contributed by atoms with van der Waals surface area (Å²) in [6, 6.07) is 4.45. The molecule has 2 rings (SSSR count). The quantitative estimate of drug-likeness (QED) is 0.818. The van der Waals surface area contributed by atoms with Gasteiger partial charge in [-0.2, -0.15) is 5.10 Å². The van der Waals surface area contributed by atoms with Crippen LogP contribution in [0.3, 0.4) is 0 Å². The summed E-state index contributed by atoms with van der Waals surface area (Å²) in [4.78, 5) is 8.27. The Bertz CT molecular complexity index is 451. The predicted octanol–water partition coefficient (Wildman–Crippen LogP) is 0.583. The maximum Gasteiger partial charge on any atom is 0.138 e. The van der Waals surface area contributed by atoms with Gasteiger partial charge in [-0.1, -0.05) is 0 Å². The van der Waals surface area contributed by atoms with Gasteiger partial charge in [0.05, 0.1) is 0 Å². The molecule has 0 saturated heterocycles. The van der Waals surface area contributed by atoms with Crippen LogP contribution in [-0.4, -0.2) is 32.8 Å². The molecule has 0 aromatic carbocycles. The van der Waals surface area contributed by atoms with Gasteiger partial charge in [0.1, 0.15) is 12.2 Å². The highest BCUT2D eigenvalue weighted by Gasteiger charge is 2.11. The molecule has 0 radical (unpaired) electrons. The Hall–Kier alpha value is -1.75. The lowest BCUT2D eigenvalue weighted by atomic mass is 10.0. The monoisotopic (exact) mass is 231 g/mol. The molecule has 90 valence electrons. The molecule has 0 fully saturated rings. The van der Waals surface area contributed by atoms with Crippen molar-refractivity contribution in [2.75, 3.05) is 7.05 Å². The van der Waals surface area contributed by atoms with Crippen molar-refractivity contribution >= 4 is 0 Å². The van der Waals surface area contributed by atoms with E-state index >= 15 is 0 Å². The number of aromatic nitrogens is 4. The summed E-state index contributed by atoms with van der Waals surface area (Å²) < 4.78 is 1.82. The normalized spacial score (nSPS) is 12.6. The molecule has 0 saturated carbocycles. The predicted molar refractivity (Wildman–Crippen MR) is 65.5 cm³/mol. The fourth-order valence-electron chi connectivity index (χ4n) is 1.81. The number of pyridine rings is 1. The number of likely N-dealkylation sites (N-methyl/N-ethyl adjacent to an activating group) is 1. The third kappa shape index (κ3) is 3.10. The summed E-state index contributed by atoms with van der Waals surface area (Å²) in [6.07, 6.45) is 7.07. The molecule has 0 aliphatic rings. The van der Waals surface area contributed by atoms with Crippen molar-refractivity contribution in [3.8, 4) is 0 Å². The average molecular weight is 231 g/mol. The smallest absolute Gasteiger partial charge is 0.138 e. The molecule has 1 N–H and O–H groups in total. The highest BCUT2D eigenvalue weighted by atomic mass is 15.3. The zero-order valence-corrected chi connectivity index (χ0v) is 10.2. The van der Waals surface area contributed by atoms with Crippen molar-refractivity contribution in [3.63, 3.8) is 0 Å². The zero-order valence-electron chi connectivity index (χ0n) is 10.2. The number of hydrogen-bond donors (Lipinski definition) is 1. The molecule has 2 aromatic heterocycles. The minimum atomic E-state index is 0.361. The fraction of sp³-hybridized carbons (Fsp3) is 0.417. The zero-order chi connectivity index (χ0) is 12.1. The van der Waals surface area contributed by atoms with E-state index < -0.39 is 0 Å². The minimum Gasteiger partial charge on any atom is -0.316 e. The van der Waals surface area contributed by atoms with Crippen LogP contribution in [0.2, 0.25) is 0 Å². The Morgan fingerprint density at radius 2 is 2.06 bits per heavy atom. The van der Waals surface area contributed by atoms with Crippen LogP contribution in [0.4, 0.5) is 0 Å². The van der Waals surface area contributed by atoms with Crippen LogP contribution in [0.15, 0.2) is 30.9 Å². The van der Waals surface area contributed by atoms with E-state index in [0.29, 0.717) is 6.04 Å². The summed E-state index contributed by atoms with van der Waals surface area (Å²) >= 11 is 0. The standard InChI is InChI=1S/C12H17N5/c1-13-11(7-10-3-5-14-6-4-10)8-12-15-9-16-17(12)2/h3-6,9,11,13H,7-8H2,1-2H3. The first-order chi connectivity index (χ1) is 8.29. The molecule has 0 aliphatic carbocycles. The van der Waals surface area contributed by atoms with Crippen molar-refractivity contribution in [2.24, 2.45) is 7.05 Å². The second-order valence-corrected chi connectivity index (χ2v) is 4.05. The van der Waals surface area contributed by atoms with Crippen LogP contribution in [0.5, 0.6) is 0 Å². The van der Waals surface area contributed by atoms with Gasteiger partial charge in [0.25, 0.3) is 0 Å². The lowest BCUT2D eigenvalue weighted by Gasteiger charge is -2.15. The molecule has 5 heteroatoms. The van der Waals surface area contributed by atoms with Gasteiger partial charge < -0.3 is 5.32 Å². The number of nitrogens with one attached hydrogen (secondary N) is 1. The van der Waals surface area contributed by atoms with Crippen molar-refractivity contribution in [3.05, 3.63) is 42.2 Å². The molecule has 1 unspecified atom stereocenters. The molecule has 0 amide bonds. The van der Waals surface area contributed by atoms with Crippen LogP contribution < -0.4 is 5.32 Å². The first-order valence-electron chi connectivity index (χ1n) is 5.68.